The van der Waals surface area contributed by atoms with Gasteiger partial charge in [0.25, 0.3) is 0 Å². The molecule has 0 aliphatic heterocycles. The lowest BCUT2D eigenvalue weighted by molar-refractivity contribution is 0.243. The Morgan fingerprint density at radius 3 is 2.32 bits per heavy atom. The lowest BCUT2D eigenvalue weighted by Gasteiger charge is -2.29. The van der Waals surface area contributed by atoms with Crippen LogP contribution in [0, 0.1) is 16.6 Å². The van der Waals surface area contributed by atoms with Crippen molar-refractivity contribution < 1.29 is 0 Å². The van der Waals surface area contributed by atoms with Crippen molar-refractivity contribution in [2.24, 2.45) is 11.8 Å². The highest BCUT2D eigenvalue weighted by Gasteiger charge is 2.24. The fourth-order valence-corrected chi connectivity index (χ4v) is 3.51. The number of imidazole rings is 1. The minimum atomic E-state index is 0.161. The van der Waals surface area contributed by atoms with Crippen LogP contribution in [0.4, 0.5) is 0 Å². The quantitative estimate of drug-likeness (QED) is 0.768. The van der Waals surface area contributed by atoms with Crippen molar-refractivity contribution in [3.8, 4) is 0 Å². The Labute approximate surface area is 122 Å². The first-order valence-electron chi connectivity index (χ1n) is 7.70. The number of hydrogen-bond donors (Lipinski definition) is 1. The smallest absolute Gasteiger partial charge is 0.177 e. The topological polar surface area (TPSA) is 20.7 Å². The van der Waals surface area contributed by atoms with Crippen molar-refractivity contribution >= 4 is 12.2 Å². The van der Waals surface area contributed by atoms with Crippen LogP contribution in [0.1, 0.15) is 65.5 Å². The molecule has 3 heteroatoms. The molecule has 0 atom stereocenters. The van der Waals surface area contributed by atoms with E-state index in [1.165, 1.54) is 37.8 Å². The molecule has 1 fully saturated rings. The van der Waals surface area contributed by atoms with Gasteiger partial charge in [0.15, 0.2) is 4.77 Å². The molecule has 0 saturated heterocycles. The van der Waals surface area contributed by atoms with Crippen molar-refractivity contribution in [2.45, 2.75) is 71.8 Å². The first-order chi connectivity index (χ1) is 8.91. The van der Waals surface area contributed by atoms with E-state index in [1.54, 1.807) is 0 Å². The highest BCUT2D eigenvalue weighted by Crippen LogP contribution is 2.32. The van der Waals surface area contributed by atoms with Gasteiger partial charge in [-0.2, -0.15) is 0 Å². The summed E-state index contributed by atoms with van der Waals surface area (Å²) < 4.78 is 3.23. The maximum absolute atomic E-state index is 5.46. The monoisotopic (exact) mass is 280 g/mol. The van der Waals surface area contributed by atoms with Gasteiger partial charge in [-0.3, -0.25) is 0 Å². The maximum Gasteiger partial charge on any atom is 0.177 e. The van der Waals surface area contributed by atoms with Gasteiger partial charge in [0.1, 0.15) is 0 Å². The molecule has 0 unspecified atom stereocenters. The second kappa shape index (κ2) is 5.82. The van der Waals surface area contributed by atoms with E-state index in [4.69, 9.17) is 12.2 Å². The Kier molecular flexibility index (Phi) is 4.54. The van der Waals surface area contributed by atoms with Gasteiger partial charge in [-0.25, -0.2) is 0 Å². The Balaban J connectivity index is 2.08. The van der Waals surface area contributed by atoms with E-state index in [1.807, 2.05) is 0 Å². The predicted octanol–water partition coefficient (Wildman–Crippen LogP) is 5.06. The standard InChI is InChI=1S/C16H28N2S/c1-5-12-6-8-13(9-7-12)11-18-14(16(2,3)4)10-17-15(18)19/h10,12-13H,5-9,11H2,1-4H3,(H,17,19). The molecule has 0 spiro atoms. The van der Waals surface area contributed by atoms with Crippen LogP contribution in [-0.4, -0.2) is 9.55 Å². The van der Waals surface area contributed by atoms with E-state index in [9.17, 15) is 0 Å². The van der Waals surface area contributed by atoms with Crippen molar-refractivity contribution in [3.05, 3.63) is 16.7 Å². The Morgan fingerprint density at radius 2 is 1.79 bits per heavy atom. The zero-order valence-electron chi connectivity index (χ0n) is 12.8. The molecule has 1 aromatic heterocycles. The van der Waals surface area contributed by atoms with Gasteiger partial charge in [0, 0.05) is 23.9 Å². The van der Waals surface area contributed by atoms with Gasteiger partial charge in [0.05, 0.1) is 0 Å². The second-order valence-electron chi connectivity index (χ2n) is 7.13. The summed E-state index contributed by atoms with van der Waals surface area (Å²) in [5.74, 6) is 1.78. The fraction of sp³-hybridized carbons (Fsp3) is 0.812. The van der Waals surface area contributed by atoms with Gasteiger partial charge >= 0.3 is 0 Å². The number of aromatic nitrogens is 2. The molecule has 19 heavy (non-hydrogen) atoms. The molecule has 2 nitrogen and oxygen atoms in total. The molecule has 2 rings (SSSR count). The number of aromatic amines is 1. The van der Waals surface area contributed by atoms with Gasteiger partial charge in [-0.1, -0.05) is 47.0 Å². The minimum Gasteiger partial charge on any atom is -0.337 e. The van der Waals surface area contributed by atoms with Crippen LogP contribution in [0.5, 0.6) is 0 Å². The molecule has 0 bridgehead atoms. The molecule has 0 amide bonds. The largest absolute Gasteiger partial charge is 0.337 e. The number of hydrogen-bond acceptors (Lipinski definition) is 1. The molecule has 1 N–H and O–H groups in total. The highest BCUT2D eigenvalue weighted by molar-refractivity contribution is 7.71. The van der Waals surface area contributed by atoms with E-state index in [-0.39, 0.29) is 5.41 Å². The van der Waals surface area contributed by atoms with Gasteiger partial charge < -0.3 is 9.55 Å². The zero-order valence-corrected chi connectivity index (χ0v) is 13.6. The Morgan fingerprint density at radius 1 is 1.21 bits per heavy atom. The van der Waals surface area contributed by atoms with Crippen molar-refractivity contribution in [1.29, 1.82) is 0 Å². The maximum atomic E-state index is 5.46. The summed E-state index contributed by atoms with van der Waals surface area (Å²) in [4.78, 5) is 3.23. The molecule has 1 heterocycles. The van der Waals surface area contributed by atoms with Gasteiger partial charge in [-0.05, 0) is 36.9 Å². The Hall–Kier alpha value is -0.570. The predicted molar refractivity (Wildman–Crippen MR) is 84.1 cm³/mol. The summed E-state index contributed by atoms with van der Waals surface area (Å²) in [5.41, 5.74) is 1.50. The fourth-order valence-electron chi connectivity index (χ4n) is 3.28. The summed E-state index contributed by atoms with van der Waals surface area (Å²) >= 11 is 5.46. The van der Waals surface area contributed by atoms with Crippen molar-refractivity contribution in [3.63, 3.8) is 0 Å². The molecule has 0 aromatic carbocycles. The van der Waals surface area contributed by atoms with Crippen molar-refractivity contribution in [2.75, 3.05) is 0 Å². The average molecular weight is 280 g/mol. The van der Waals surface area contributed by atoms with E-state index in [0.717, 1.165) is 23.2 Å². The zero-order chi connectivity index (χ0) is 14.0. The van der Waals surface area contributed by atoms with E-state index < -0.39 is 0 Å². The first-order valence-corrected chi connectivity index (χ1v) is 8.11. The van der Waals surface area contributed by atoms with Crippen LogP contribution in [0.15, 0.2) is 6.20 Å². The molecular formula is C16H28N2S. The van der Waals surface area contributed by atoms with E-state index >= 15 is 0 Å². The summed E-state index contributed by atoms with van der Waals surface area (Å²) in [6, 6.07) is 0. The molecule has 1 aliphatic rings. The molecule has 1 aromatic rings. The lowest BCUT2D eigenvalue weighted by Crippen LogP contribution is -2.23. The number of nitrogens with one attached hydrogen (secondary N) is 1. The van der Waals surface area contributed by atoms with Crippen molar-refractivity contribution in [1.82, 2.24) is 9.55 Å². The highest BCUT2D eigenvalue weighted by atomic mass is 32.1. The SMILES string of the molecule is CCC1CCC(Cn2c(C(C)(C)C)c[nH]c2=S)CC1. The third-order valence-corrected chi connectivity index (χ3v) is 4.96. The summed E-state index contributed by atoms with van der Waals surface area (Å²) in [6.45, 7) is 10.2. The number of H-pyrrole nitrogens is 1. The van der Waals surface area contributed by atoms with Crippen LogP contribution in [-0.2, 0) is 12.0 Å². The van der Waals surface area contributed by atoms with Gasteiger partial charge in [-0.15, -0.1) is 0 Å². The normalized spacial score (nSPS) is 24.6. The second-order valence-corrected chi connectivity index (χ2v) is 7.52. The average Bonchev–Trinajstić information content (AvgIpc) is 2.72. The Bertz CT molecular complexity index is 456. The van der Waals surface area contributed by atoms with Crippen LogP contribution >= 0.6 is 12.2 Å². The van der Waals surface area contributed by atoms with Gasteiger partial charge in [0.2, 0.25) is 0 Å². The summed E-state index contributed by atoms with van der Waals surface area (Å²) in [7, 11) is 0. The third-order valence-electron chi connectivity index (χ3n) is 4.62. The summed E-state index contributed by atoms with van der Waals surface area (Å²) in [5, 5.41) is 0. The third kappa shape index (κ3) is 3.50. The number of nitrogens with zero attached hydrogens (tertiary/aromatic N) is 1. The minimum absolute atomic E-state index is 0.161. The van der Waals surface area contributed by atoms with Crippen LogP contribution in [0.3, 0.4) is 0 Å². The molecule has 1 aliphatic carbocycles. The number of rotatable bonds is 3. The summed E-state index contributed by atoms with van der Waals surface area (Å²) in [6.07, 6.45) is 9.00. The first kappa shape index (κ1) is 14.8. The van der Waals surface area contributed by atoms with Crippen LogP contribution < -0.4 is 0 Å². The van der Waals surface area contributed by atoms with E-state index in [0.29, 0.717) is 0 Å². The molecule has 108 valence electrons. The molecule has 0 radical (unpaired) electrons. The van der Waals surface area contributed by atoms with Crippen LogP contribution in [0.25, 0.3) is 0 Å². The molecule has 1 saturated carbocycles. The molecular weight excluding hydrogens is 252 g/mol. The lowest BCUT2D eigenvalue weighted by atomic mass is 9.80. The van der Waals surface area contributed by atoms with E-state index in [2.05, 4.69) is 43.4 Å². The van der Waals surface area contributed by atoms with Crippen LogP contribution in [0.2, 0.25) is 0 Å².